The molecular formula is C26H24F3N3O2. The number of benzene rings is 3. The number of rotatable bonds is 5. The number of hydrogen-bond acceptors (Lipinski definition) is 2. The van der Waals surface area contributed by atoms with Crippen molar-refractivity contribution in [2.45, 2.75) is 25.6 Å². The molecule has 0 aliphatic carbocycles. The Hall–Kier alpha value is -3.81. The summed E-state index contributed by atoms with van der Waals surface area (Å²) < 4.78 is 38.6. The second-order valence-electron chi connectivity index (χ2n) is 8.13. The monoisotopic (exact) mass is 467 g/mol. The first-order valence-electron chi connectivity index (χ1n) is 11.0. The number of likely N-dealkylation sites (tertiary alicyclic amines) is 1. The molecule has 3 amide bonds. The molecule has 1 heterocycles. The second kappa shape index (κ2) is 9.99. The van der Waals surface area contributed by atoms with Crippen LogP contribution in [0.2, 0.25) is 0 Å². The van der Waals surface area contributed by atoms with Gasteiger partial charge in [-0.1, -0.05) is 42.5 Å². The number of anilines is 1. The van der Waals surface area contributed by atoms with Crippen LogP contribution in [0.5, 0.6) is 0 Å². The Kier molecular flexibility index (Phi) is 6.86. The average Bonchev–Trinajstić information content (AvgIpc) is 3.38. The highest BCUT2D eigenvalue weighted by Gasteiger charge is 2.30. The van der Waals surface area contributed by atoms with Crippen molar-refractivity contribution in [3.05, 3.63) is 89.5 Å². The van der Waals surface area contributed by atoms with Gasteiger partial charge in [-0.3, -0.25) is 4.79 Å². The van der Waals surface area contributed by atoms with Gasteiger partial charge >= 0.3 is 12.2 Å². The second-order valence-corrected chi connectivity index (χ2v) is 8.13. The normalized spacial score (nSPS) is 13.6. The Morgan fingerprint density at radius 3 is 2.29 bits per heavy atom. The van der Waals surface area contributed by atoms with Crippen LogP contribution in [0.3, 0.4) is 0 Å². The van der Waals surface area contributed by atoms with E-state index < -0.39 is 11.7 Å². The van der Waals surface area contributed by atoms with Crippen LogP contribution in [0.4, 0.5) is 23.7 Å². The maximum Gasteiger partial charge on any atom is 0.416 e. The molecule has 34 heavy (non-hydrogen) atoms. The molecule has 0 unspecified atom stereocenters. The number of hydrogen-bond donors (Lipinski definition) is 2. The van der Waals surface area contributed by atoms with Crippen molar-refractivity contribution < 1.29 is 22.8 Å². The lowest BCUT2D eigenvalue weighted by atomic mass is 9.98. The predicted octanol–water partition coefficient (Wildman–Crippen LogP) is 5.93. The summed E-state index contributed by atoms with van der Waals surface area (Å²) in [5.74, 6) is -0.345. The largest absolute Gasteiger partial charge is 0.416 e. The van der Waals surface area contributed by atoms with E-state index in [-0.39, 0.29) is 18.5 Å². The number of carbonyl (C=O) groups is 2. The summed E-state index contributed by atoms with van der Waals surface area (Å²) in [4.78, 5) is 27.0. The third-order valence-electron chi connectivity index (χ3n) is 5.72. The van der Waals surface area contributed by atoms with Gasteiger partial charge in [0.2, 0.25) is 0 Å². The van der Waals surface area contributed by atoms with Crippen LogP contribution in [0, 0.1) is 0 Å². The highest BCUT2D eigenvalue weighted by atomic mass is 19.4. The Morgan fingerprint density at radius 1 is 0.882 bits per heavy atom. The van der Waals surface area contributed by atoms with E-state index in [0.717, 1.165) is 43.6 Å². The zero-order valence-corrected chi connectivity index (χ0v) is 18.4. The van der Waals surface area contributed by atoms with E-state index in [9.17, 15) is 22.8 Å². The number of nitrogens with one attached hydrogen (secondary N) is 2. The molecule has 1 saturated heterocycles. The van der Waals surface area contributed by atoms with Crippen molar-refractivity contribution in [1.82, 2.24) is 10.2 Å². The van der Waals surface area contributed by atoms with Gasteiger partial charge in [0.1, 0.15) is 0 Å². The molecule has 0 aromatic heterocycles. The predicted molar refractivity (Wildman–Crippen MR) is 124 cm³/mol. The molecule has 4 rings (SSSR count). The van der Waals surface area contributed by atoms with E-state index in [2.05, 4.69) is 10.6 Å². The minimum Gasteiger partial charge on any atom is -0.348 e. The molecule has 1 fully saturated rings. The Bertz CT molecular complexity index is 1170. The minimum atomic E-state index is -4.42. The molecule has 3 aromatic rings. The van der Waals surface area contributed by atoms with Crippen LogP contribution in [-0.2, 0) is 12.7 Å². The average molecular weight is 467 g/mol. The summed E-state index contributed by atoms with van der Waals surface area (Å²) in [6, 6.07) is 18.6. The number of alkyl halides is 3. The molecule has 8 heteroatoms. The zero-order valence-electron chi connectivity index (χ0n) is 18.4. The quantitative estimate of drug-likeness (QED) is 0.489. The first kappa shape index (κ1) is 23.4. The smallest absolute Gasteiger partial charge is 0.348 e. The van der Waals surface area contributed by atoms with Crippen LogP contribution in [0.1, 0.15) is 34.3 Å². The van der Waals surface area contributed by atoms with E-state index in [1.165, 1.54) is 12.1 Å². The first-order chi connectivity index (χ1) is 16.3. The van der Waals surface area contributed by atoms with E-state index >= 15 is 0 Å². The van der Waals surface area contributed by atoms with Crippen molar-refractivity contribution >= 4 is 17.6 Å². The summed E-state index contributed by atoms with van der Waals surface area (Å²) >= 11 is 0. The number of nitrogens with zero attached hydrogens (tertiary/aromatic N) is 1. The molecule has 1 aliphatic heterocycles. The van der Waals surface area contributed by atoms with Crippen molar-refractivity contribution in [2.24, 2.45) is 0 Å². The van der Waals surface area contributed by atoms with Gasteiger partial charge in [-0.25, -0.2) is 4.79 Å². The highest BCUT2D eigenvalue weighted by molar-refractivity contribution is 6.00. The molecular weight excluding hydrogens is 443 g/mol. The molecule has 0 bridgehead atoms. The summed E-state index contributed by atoms with van der Waals surface area (Å²) in [6.07, 6.45) is -2.40. The number of carbonyl (C=O) groups excluding carboxylic acids is 2. The lowest BCUT2D eigenvalue weighted by molar-refractivity contribution is -0.137. The first-order valence-corrected chi connectivity index (χ1v) is 11.0. The van der Waals surface area contributed by atoms with E-state index in [4.69, 9.17) is 0 Å². The molecule has 176 valence electrons. The fourth-order valence-electron chi connectivity index (χ4n) is 3.93. The molecule has 0 radical (unpaired) electrons. The lowest BCUT2D eigenvalue weighted by Crippen LogP contribution is -2.32. The van der Waals surface area contributed by atoms with Gasteiger partial charge in [-0.2, -0.15) is 13.2 Å². The van der Waals surface area contributed by atoms with Gasteiger partial charge in [-0.05, 0) is 59.9 Å². The van der Waals surface area contributed by atoms with Gasteiger partial charge in [-0.15, -0.1) is 0 Å². The van der Waals surface area contributed by atoms with Gasteiger partial charge < -0.3 is 15.5 Å². The van der Waals surface area contributed by atoms with Crippen molar-refractivity contribution in [3.8, 4) is 11.1 Å². The molecule has 0 atom stereocenters. The Labute approximate surface area is 195 Å². The third kappa shape index (κ3) is 5.57. The fraction of sp³-hybridized carbons (Fsp3) is 0.231. The van der Waals surface area contributed by atoms with Crippen molar-refractivity contribution in [3.63, 3.8) is 0 Å². The van der Waals surface area contributed by atoms with Gasteiger partial charge in [0.15, 0.2) is 0 Å². The van der Waals surface area contributed by atoms with E-state index in [1.54, 1.807) is 47.4 Å². The lowest BCUT2D eigenvalue weighted by Gasteiger charge is -2.16. The van der Waals surface area contributed by atoms with Gasteiger partial charge in [0, 0.05) is 30.9 Å². The van der Waals surface area contributed by atoms with Gasteiger partial charge in [0.25, 0.3) is 5.91 Å². The molecule has 3 aromatic carbocycles. The SMILES string of the molecule is O=C(NCc1cccc(NC(=O)N2CCCC2)c1)c1ccccc1-c1ccc(C(F)(F)F)cc1. The van der Waals surface area contributed by atoms with Crippen molar-refractivity contribution in [2.75, 3.05) is 18.4 Å². The Morgan fingerprint density at radius 2 is 1.59 bits per heavy atom. The van der Waals surface area contributed by atoms with Crippen molar-refractivity contribution in [1.29, 1.82) is 0 Å². The molecule has 2 N–H and O–H groups in total. The molecule has 0 saturated carbocycles. The topological polar surface area (TPSA) is 61.4 Å². The minimum absolute atomic E-state index is 0.135. The maximum absolute atomic E-state index is 12.9. The number of amides is 3. The molecule has 0 spiro atoms. The van der Waals surface area contributed by atoms with Gasteiger partial charge in [0.05, 0.1) is 5.56 Å². The maximum atomic E-state index is 12.9. The van der Waals surface area contributed by atoms with Crippen LogP contribution in [0.15, 0.2) is 72.8 Å². The molecule has 1 aliphatic rings. The Balaban J connectivity index is 1.43. The van der Waals surface area contributed by atoms with Crippen LogP contribution >= 0.6 is 0 Å². The summed E-state index contributed by atoms with van der Waals surface area (Å²) in [6.45, 7) is 1.73. The summed E-state index contributed by atoms with van der Waals surface area (Å²) in [5, 5.41) is 5.74. The van der Waals surface area contributed by atoms with Crippen LogP contribution in [0.25, 0.3) is 11.1 Å². The summed E-state index contributed by atoms with van der Waals surface area (Å²) in [5.41, 5.74) is 2.13. The third-order valence-corrected chi connectivity index (χ3v) is 5.72. The standard InChI is InChI=1S/C26H24F3N3O2/c27-26(28,29)20-12-10-19(11-13-20)22-8-1-2-9-23(22)24(33)30-17-18-6-5-7-21(16-18)31-25(34)32-14-3-4-15-32/h1-2,5-13,16H,3-4,14-15,17H2,(H,30,33)(H,31,34). The van der Waals surface area contributed by atoms with Crippen LogP contribution < -0.4 is 10.6 Å². The van der Waals surface area contributed by atoms with E-state index in [0.29, 0.717) is 22.4 Å². The molecule has 5 nitrogen and oxygen atoms in total. The number of urea groups is 1. The van der Waals surface area contributed by atoms with Crippen LogP contribution in [-0.4, -0.2) is 29.9 Å². The highest BCUT2D eigenvalue weighted by Crippen LogP contribution is 2.32. The fourth-order valence-corrected chi connectivity index (χ4v) is 3.93. The zero-order chi connectivity index (χ0) is 24.1. The number of halogens is 3. The van der Waals surface area contributed by atoms with E-state index in [1.807, 2.05) is 6.07 Å². The summed E-state index contributed by atoms with van der Waals surface area (Å²) in [7, 11) is 0.